The van der Waals surface area contributed by atoms with Gasteiger partial charge in [-0.05, 0) is 12.5 Å². The zero-order valence-electron chi connectivity index (χ0n) is 10.8. The molecule has 0 unspecified atom stereocenters. The topological polar surface area (TPSA) is 110 Å². The Hall–Kier alpha value is -2.15. The second-order valence-corrected chi connectivity index (χ2v) is 4.09. The average molecular weight is 266 g/mol. The number of hydrazine groups is 1. The number of nitrogens with two attached hydrogens (primary N) is 1. The first-order valence-electron chi connectivity index (χ1n) is 6.13. The molecule has 1 rings (SSSR count). The van der Waals surface area contributed by atoms with E-state index in [9.17, 15) is 14.9 Å². The number of benzene rings is 1. The van der Waals surface area contributed by atoms with Crippen LogP contribution >= 0.6 is 0 Å². The summed E-state index contributed by atoms with van der Waals surface area (Å²) in [6, 6.07) is 3.92. The van der Waals surface area contributed by atoms with E-state index in [1.807, 2.05) is 0 Å². The largest absolute Gasteiger partial charge is 0.352 e. The van der Waals surface area contributed by atoms with Crippen molar-refractivity contribution in [1.82, 2.24) is 5.32 Å². The molecule has 4 N–H and O–H groups in total. The molecule has 104 valence electrons. The van der Waals surface area contributed by atoms with Crippen LogP contribution in [0.1, 0.15) is 36.5 Å². The van der Waals surface area contributed by atoms with E-state index in [0.717, 1.165) is 19.3 Å². The van der Waals surface area contributed by atoms with Gasteiger partial charge in [-0.1, -0.05) is 19.8 Å². The number of unbranched alkanes of at least 4 members (excludes halogenated alkanes) is 2. The van der Waals surface area contributed by atoms with Gasteiger partial charge in [-0.2, -0.15) is 0 Å². The predicted molar refractivity (Wildman–Crippen MR) is 72.8 cm³/mol. The second-order valence-electron chi connectivity index (χ2n) is 4.09. The minimum atomic E-state index is -0.547. The summed E-state index contributed by atoms with van der Waals surface area (Å²) in [7, 11) is 0. The minimum Gasteiger partial charge on any atom is -0.352 e. The van der Waals surface area contributed by atoms with Crippen LogP contribution in [0.25, 0.3) is 0 Å². The number of rotatable bonds is 7. The van der Waals surface area contributed by atoms with Crippen LogP contribution in [0.5, 0.6) is 0 Å². The van der Waals surface area contributed by atoms with Crippen LogP contribution in [-0.2, 0) is 0 Å². The van der Waals surface area contributed by atoms with Crippen molar-refractivity contribution in [3.8, 4) is 0 Å². The molecule has 1 amide bonds. The smallest absolute Gasteiger partial charge is 0.270 e. The number of nitrogen functional groups attached to an aromatic ring is 1. The first kappa shape index (κ1) is 14.9. The van der Waals surface area contributed by atoms with E-state index < -0.39 is 4.92 Å². The summed E-state index contributed by atoms with van der Waals surface area (Å²) in [6.07, 6.45) is 2.96. The van der Waals surface area contributed by atoms with Crippen LogP contribution in [0.4, 0.5) is 11.4 Å². The first-order valence-corrected chi connectivity index (χ1v) is 6.13. The van der Waals surface area contributed by atoms with Gasteiger partial charge in [0.2, 0.25) is 0 Å². The fraction of sp³-hybridized carbons (Fsp3) is 0.417. The molecule has 0 aliphatic rings. The number of nitrogens with zero attached hydrogens (tertiary/aromatic N) is 1. The molecule has 0 heterocycles. The molecule has 1 aromatic rings. The highest BCUT2D eigenvalue weighted by atomic mass is 16.6. The Morgan fingerprint density at radius 1 is 1.42 bits per heavy atom. The minimum absolute atomic E-state index is 0.141. The monoisotopic (exact) mass is 266 g/mol. The zero-order valence-corrected chi connectivity index (χ0v) is 10.8. The molecule has 0 spiro atoms. The van der Waals surface area contributed by atoms with Gasteiger partial charge in [0.1, 0.15) is 0 Å². The highest BCUT2D eigenvalue weighted by Gasteiger charge is 2.15. The van der Waals surface area contributed by atoms with E-state index >= 15 is 0 Å². The van der Waals surface area contributed by atoms with Gasteiger partial charge in [0.15, 0.2) is 0 Å². The Kier molecular flexibility index (Phi) is 5.74. The summed E-state index contributed by atoms with van der Waals surface area (Å²) in [6.45, 7) is 2.61. The third-order valence-electron chi connectivity index (χ3n) is 2.68. The molecular weight excluding hydrogens is 248 g/mol. The van der Waals surface area contributed by atoms with E-state index in [1.54, 1.807) is 0 Å². The fourth-order valence-electron chi connectivity index (χ4n) is 1.63. The van der Waals surface area contributed by atoms with Gasteiger partial charge < -0.3 is 10.7 Å². The van der Waals surface area contributed by atoms with Gasteiger partial charge in [-0.15, -0.1) is 0 Å². The van der Waals surface area contributed by atoms with Crippen molar-refractivity contribution in [2.75, 3.05) is 12.0 Å². The number of nitrogens with one attached hydrogen (secondary N) is 2. The van der Waals surface area contributed by atoms with Crippen molar-refractivity contribution in [3.63, 3.8) is 0 Å². The van der Waals surface area contributed by atoms with E-state index in [-0.39, 0.29) is 17.2 Å². The second kappa shape index (κ2) is 7.32. The highest BCUT2D eigenvalue weighted by Crippen LogP contribution is 2.21. The number of amides is 1. The maximum absolute atomic E-state index is 11.9. The summed E-state index contributed by atoms with van der Waals surface area (Å²) < 4.78 is 0. The SMILES string of the molecule is CCCCCNC(=O)c1cc([N+](=O)[O-])ccc1NN. The zero-order chi connectivity index (χ0) is 14.3. The number of hydrogen-bond donors (Lipinski definition) is 3. The summed E-state index contributed by atoms with van der Waals surface area (Å²) in [4.78, 5) is 22.1. The summed E-state index contributed by atoms with van der Waals surface area (Å²) in [5, 5.41) is 13.4. The Morgan fingerprint density at radius 2 is 2.16 bits per heavy atom. The number of nitro benzene ring substituents is 1. The molecular formula is C12H18N4O3. The molecule has 0 aromatic heterocycles. The third kappa shape index (κ3) is 4.22. The Morgan fingerprint density at radius 3 is 2.74 bits per heavy atom. The van der Waals surface area contributed by atoms with Gasteiger partial charge in [0, 0.05) is 18.7 Å². The molecule has 0 atom stereocenters. The number of non-ortho nitro benzene ring substituents is 1. The van der Waals surface area contributed by atoms with Crippen molar-refractivity contribution in [1.29, 1.82) is 0 Å². The van der Waals surface area contributed by atoms with Crippen molar-refractivity contribution in [2.45, 2.75) is 26.2 Å². The number of hydrogen-bond acceptors (Lipinski definition) is 5. The van der Waals surface area contributed by atoms with Crippen molar-refractivity contribution >= 4 is 17.3 Å². The van der Waals surface area contributed by atoms with Gasteiger partial charge in [-0.25, -0.2) is 0 Å². The van der Waals surface area contributed by atoms with Gasteiger partial charge in [-0.3, -0.25) is 20.8 Å². The molecule has 0 bridgehead atoms. The van der Waals surface area contributed by atoms with Crippen molar-refractivity contribution < 1.29 is 9.72 Å². The maximum Gasteiger partial charge on any atom is 0.270 e. The van der Waals surface area contributed by atoms with Gasteiger partial charge in [0.25, 0.3) is 11.6 Å². The average Bonchev–Trinajstić information content (AvgIpc) is 2.42. The van der Waals surface area contributed by atoms with E-state index in [1.165, 1.54) is 18.2 Å². The van der Waals surface area contributed by atoms with Crippen LogP contribution in [0, 0.1) is 10.1 Å². The number of anilines is 1. The Balaban J connectivity index is 2.81. The highest BCUT2D eigenvalue weighted by molar-refractivity contribution is 6.00. The number of carbonyl (C=O) groups is 1. The number of carbonyl (C=O) groups excluding carboxylic acids is 1. The first-order chi connectivity index (χ1) is 9.10. The Labute approximate surface area is 111 Å². The van der Waals surface area contributed by atoms with Crippen LogP contribution in [0.2, 0.25) is 0 Å². The molecule has 0 fully saturated rings. The molecule has 0 saturated heterocycles. The maximum atomic E-state index is 11.9. The lowest BCUT2D eigenvalue weighted by atomic mass is 10.1. The summed E-state index contributed by atoms with van der Waals surface area (Å²) >= 11 is 0. The van der Waals surface area contributed by atoms with Crippen LogP contribution in [0.15, 0.2) is 18.2 Å². The lowest BCUT2D eigenvalue weighted by molar-refractivity contribution is -0.384. The van der Waals surface area contributed by atoms with Crippen LogP contribution < -0.4 is 16.6 Å². The van der Waals surface area contributed by atoms with Crippen LogP contribution in [-0.4, -0.2) is 17.4 Å². The Bertz CT molecular complexity index is 462. The molecule has 7 nitrogen and oxygen atoms in total. The van der Waals surface area contributed by atoms with Gasteiger partial charge in [0.05, 0.1) is 16.2 Å². The van der Waals surface area contributed by atoms with E-state index in [4.69, 9.17) is 5.84 Å². The summed E-state index contributed by atoms with van der Waals surface area (Å²) in [5.74, 6) is 4.92. The molecule has 0 aliphatic carbocycles. The molecule has 19 heavy (non-hydrogen) atoms. The number of nitro groups is 1. The lowest BCUT2D eigenvalue weighted by Gasteiger charge is -2.09. The quantitative estimate of drug-likeness (QED) is 0.301. The van der Waals surface area contributed by atoms with E-state index in [0.29, 0.717) is 12.2 Å². The normalized spacial score (nSPS) is 10.0. The van der Waals surface area contributed by atoms with Gasteiger partial charge >= 0.3 is 0 Å². The molecule has 0 saturated carbocycles. The summed E-state index contributed by atoms with van der Waals surface area (Å²) in [5.41, 5.74) is 2.75. The molecule has 0 aliphatic heterocycles. The van der Waals surface area contributed by atoms with Crippen LogP contribution in [0.3, 0.4) is 0 Å². The fourth-order valence-corrected chi connectivity index (χ4v) is 1.63. The molecule has 7 heteroatoms. The third-order valence-corrected chi connectivity index (χ3v) is 2.68. The van der Waals surface area contributed by atoms with Crippen molar-refractivity contribution in [2.24, 2.45) is 5.84 Å². The van der Waals surface area contributed by atoms with E-state index in [2.05, 4.69) is 17.7 Å². The lowest BCUT2D eigenvalue weighted by Crippen LogP contribution is -2.26. The van der Waals surface area contributed by atoms with Crippen molar-refractivity contribution in [3.05, 3.63) is 33.9 Å². The molecule has 0 radical (unpaired) electrons. The standard InChI is InChI=1S/C12H18N4O3/c1-2-3-4-7-14-12(17)10-8-9(16(18)19)5-6-11(10)15-13/h5-6,8,15H,2-4,7,13H2,1H3,(H,14,17). The predicted octanol–water partition coefficient (Wildman–Crippen LogP) is 1.80. The molecule has 1 aromatic carbocycles.